The molecule has 0 amide bonds. The predicted molar refractivity (Wildman–Crippen MR) is 68.0 cm³/mol. The highest BCUT2D eigenvalue weighted by atomic mass is 32.1. The second-order valence-corrected chi connectivity index (χ2v) is 4.72. The lowest BCUT2D eigenvalue weighted by Crippen LogP contribution is -2.37. The summed E-state index contributed by atoms with van der Waals surface area (Å²) in [5.41, 5.74) is 0.560. The van der Waals surface area contributed by atoms with Crippen LogP contribution in [0.3, 0.4) is 0 Å². The van der Waals surface area contributed by atoms with Crippen LogP contribution >= 0.6 is 12.2 Å². The van der Waals surface area contributed by atoms with E-state index in [1.54, 1.807) is 10.7 Å². The van der Waals surface area contributed by atoms with Crippen LogP contribution in [0.15, 0.2) is 15.0 Å². The number of morpholine rings is 1. The lowest BCUT2D eigenvalue weighted by Gasteiger charge is -2.25. The number of rotatable bonds is 3. The zero-order chi connectivity index (χ0) is 13.2. The van der Waals surface area contributed by atoms with E-state index in [1.807, 2.05) is 6.92 Å². The Hall–Kier alpha value is -1.51. The van der Waals surface area contributed by atoms with E-state index >= 15 is 0 Å². The largest absolute Gasteiger partial charge is 0.407 e. The van der Waals surface area contributed by atoms with Gasteiger partial charge in [0.1, 0.15) is 5.76 Å². The van der Waals surface area contributed by atoms with Crippen LogP contribution in [0.25, 0.3) is 11.6 Å². The van der Waals surface area contributed by atoms with E-state index in [1.165, 1.54) is 0 Å². The Morgan fingerprint density at radius 1 is 1.37 bits per heavy atom. The molecule has 1 saturated heterocycles. The maximum Gasteiger partial charge on any atom is 0.288 e. The molecule has 7 nitrogen and oxygen atoms in total. The fraction of sp³-hybridized carbons (Fsp3) is 0.545. The number of nitrogens with zero attached hydrogens (tertiary/aromatic N) is 4. The second-order valence-electron chi connectivity index (χ2n) is 4.37. The fourth-order valence-electron chi connectivity index (χ4n) is 1.90. The monoisotopic (exact) mass is 282 g/mol. The van der Waals surface area contributed by atoms with Gasteiger partial charge in [-0.2, -0.15) is 0 Å². The van der Waals surface area contributed by atoms with E-state index in [0.29, 0.717) is 28.9 Å². The zero-order valence-electron chi connectivity index (χ0n) is 10.5. The first-order chi connectivity index (χ1) is 9.22. The molecule has 0 N–H and O–H groups in total. The average Bonchev–Trinajstić information content (AvgIpc) is 2.98. The number of ether oxygens (including phenoxy) is 1. The van der Waals surface area contributed by atoms with Crippen molar-refractivity contribution in [1.82, 2.24) is 19.8 Å². The van der Waals surface area contributed by atoms with Gasteiger partial charge in [-0.1, -0.05) is 5.16 Å². The first kappa shape index (κ1) is 12.5. The van der Waals surface area contributed by atoms with Crippen LogP contribution in [-0.4, -0.2) is 46.1 Å². The second kappa shape index (κ2) is 5.24. The molecule has 8 heteroatoms. The molecule has 0 aliphatic carbocycles. The minimum Gasteiger partial charge on any atom is -0.407 e. The molecule has 0 radical (unpaired) electrons. The van der Waals surface area contributed by atoms with Gasteiger partial charge in [0.25, 0.3) is 10.7 Å². The molecular formula is C11H14N4O3S. The van der Waals surface area contributed by atoms with Crippen LogP contribution in [-0.2, 0) is 11.4 Å². The normalized spacial score (nSPS) is 16.9. The van der Waals surface area contributed by atoms with E-state index in [4.69, 9.17) is 25.9 Å². The molecule has 0 bridgehead atoms. The smallest absolute Gasteiger partial charge is 0.288 e. The lowest BCUT2D eigenvalue weighted by molar-refractivity contribution is 0.0206. The molecule has 0 atom stereocenters. The van der Waals surface area contributed by atoms with E-state index in [2.05, 4.69) is 15.2 Å². The van der Waals surface area contributed by atoms with Gasteiger partial charge in [-0.15, -0.1) is 5.10 Å². The molecule has 1 aliphatic heterocycles. The van der Waals surface area contributed by atoms with Gasteiger partial charge in [0.05, 0.1) is 19.9 Å². The molecule has 1 aliphatic rings. The van der Waals surface area contributed by atoms with Crippen LogP contribution < -0.4 is 0 Å². The van der Waals surface area contributed by atoms with Gasteiger partial charge in [-0.05, 0) is 19.1 Å². The van der Waals surface area contributed by atoms with Crippen LogP contribution in [0.5, 0.6) is 0 Å². The minimum atomic E-state index is 0.335. The number of aromatic nitrogens is 3. The van der Waals surface area contributed by atoms with Gasteiger partial charge in [0.2, 0.25) is 0 Å². The molecule has 2 aromatic rings. The Labute approximate surface area is 114 Å². The maximum atomic E-state index is 5.44. The van der Waals surface area contributed by atoms with Crippen molar-refractivity contribution in [3.05, 3.63) is 16.7 Å². The minimum absolute atomic E-state index is 0.335. The molecule has 2 aromatic heterocycles. The zero-order valence-corrected chi connectivity index (χ0v) is 11.4. The Morgan fingerprint density at radius 2 is 2.16 bits per heavy atom. The maximum absolute atomic E-state index is 5.44. The Morgan fingerprint density at radius 3 is 2.84 bits per heavy atom. The third-order valence-electron chi connectivity index (χ3n) is 2.89. The molecule has 3 heterocycles. The molecule has 19 heavy (non-hydrogen) atoms. The molecule has 0 aromatic carbocycles. The van der Waals surface area contributed by atoms with Crippen molar-refractivity contribution in [2.24, 2.45) is 0 Å². The van der Waals surface area contributed by atoms with Crippen molar-refractivity contribution < 1.29 is 13.7 Å². The van der Waals surface area contributed by atoms with Crippen LogP contribution in [0, 0.1) is 11.8 Å². The topological polar surface area (TPSA) is 69.5 Å². The summed E-state index contributed by atoms with van der Waals surface area (Å²) < 4.78 is 17.4. The molecule has 1 fully saturated rings. The van der Waals surface area contributed by atoms with Gasteiger partial charge in [0, 0.05) is 19.2 Å². The molecule has 0 spiro atoms. The first-order valence-corrected chi connectivity index (χ1v) is 6.45. The molecule has 102 valence electrons. The first-order valence-electron chi connectivity index (χ1n) is 6.04. The third kappa shape index (κ3) is 2.75. The quantitative estimate of drug-likeness (QED) is 0.789. The molecule has 3 rings (SSSR count). The van der Waals surface area contributed by atoms with Crippen molar-refractivity contribution in [3.8, 4) is 11.6 Å². The Bertz CT molecular complexity index is 611. The van der Waals surface area contributed by atoms with E-state index in [-0.39, 0.29) is 0 Å². The molecular weight excluding hydrogens is 268 g/mol. The van der Waals surface area contributed by atoms with Gasteiger partial charge in [-0.3, -0.25) is 4.90 Å². The van der Waals surface area contributed by atoms with Crippen molar-refractivity contribution >= 4 is 12.2 Å². The Balaban J connectivity index is 1.79. The van der Waals surface area contributed by atoms with Crippen LogP contribution in [0.4, 0.5) is 0 Å². The summed E-state index contributed by atoms with van der Waals surface area (Å²) >= 11 is 5.17. The van der Waals surface area contributed by atoms with Crippen LogP contribution in [0.1, 0.15) is 5.76 Å². The standard InChI is InChI=1S/C11H14N4O3S/c1-8-6-9(13-18-8)10-12-15(11(19)17-10)7-14-2-4-16-5-3-14/h6H,2-5,7H2,1H3. The van der Waals surface area contributed by atoms with Gasteiger partial charge in [-0.25, -0.2) is 4.68 Å². The molecule has 0 unspecified atom stereocenters. The summed E-state index contributed by atoms with van der Waals surface area (Å²) in [6.45, 7) is 5.62. The van der Waals surface area contributed by atoms with E-state index in [9.17, 15) is 0 Å². The van der Waals surface area contributed by atoms with Crippen molar-refractivity contribution in [2.75, 3.05) is 26.3 Å². The third-order valence-corrected chi connectivity index (χ3v) is 3.19. The summed E-state index contributed by atoms with van der Waals surface area (Å²) in [5, 5.41) is 8.19. The van der Waals surface area contributed by atoms with Crippen LogP contribution in [0.2, 0.25) is 0 Å². The summed E-state index contributed by atoms with van der Waals surface area (Å²) in [6, 6.07) is 1.76. The summed E-state index contributed by atoms with van der Waals surface area (Å²) in [4.78, 5) is 2.54. The number of hydrogen-bond donors (Lipinski definition) is 0. The van der Waals surface area contributed by atoms with Gasteiger partial charge < -0.3 is 13.7 Å². The molecule has 0 saturated carbocycles. The highest BCUT2D eigenvalue weighted by Crippen LogP contribution is 2.17. The SMILES string of the molecule is Cc1cc(-c2nn(CN3CCOCC3)c(=S)o2)no1. The summed E-state index contributed by atoms with van der Waals surface area (Å²) in [6.07, 6.45) is 0. The highest BCUT2D eigenvalue weighted by molar-refractivity contribution is 7.71. The highest BCUT2D eigenvalue weighted by Gasteiger charge is 2.16. The summed E-state index contributed by atoms with van der Waals surface area (Å²) in [7, 11) is 0. The number of aryl methyl sites for hydroxylation is 1. The van der Waals surface area contributed by atoms with E-state index < -0.39 is 0 Å². The lowest BCUT2D eigenvalue weighted by atomic mass is 10.4. The van der Waals surface area contributed by atoms with Crippen molar-refractivity contribution in [3.63, 3.8) is 0 Å². The average molecular weight is 282 g/mol. The summed E-state index contributed by atoms with van der Waals surface area (Å²) in [5.74, 6) is 1.09. The fourth-order valence-corrected chi connectivity index (χ4v) is 2.08. The number of hydrogen-bond acceptors (Lipinski definition) is 7. The predicted octanol–water partition coefficient (Wildman–Crippen LogP) is 1.46. The van der Waals surface area contributed by atoms with Crippen molar-refractivity contribution in [2.45, 2.75) is 13.6 Å². The van der Waals surface area contributed by atoms with Crippen molar-refractivity contribution in [1.29, 1.82) is 0 Å². The van der Waals surface area contributed by atoms with Gasteiger partial charge in [0.15, 0.2) is 5.69 Å². The Kier molecular flexibility index (Phi) is 3.45. The van der Waals surface area contributed by atoms with Gasteiger partial charge >= 0.3 is 0 Å². The van der Waals surface area contributed by atoms with E-state index in [0.717, 1.165) is 26.3 Å².